The molecule has 2 aromatic carbocycles. The minimum absolute atomic E-state index is 0.0589. The van der Waals surface area contributed by atoms with E-state index in [9.17, 15) is 27.2 Å². The number of rotatable bonds is 8. The van der Waals surface area contributed by atoms with Gasteiger partial charge >= 0.3 is 12.1 Å². The lowest BCUT2D eigenvalue weighted by Crippen LogP contribution is -2.43. The van der Waals surface area contributed by atoms with Crippen LogP contribution in [0, 0.1) is 17.8 Å². The molecule has 3 saturated heterocycles. The number of likely N-dealkylation sites (tertiary alicyclic amines) is 2. The van der Waals surface area contributed by atoms with Crippen LogP contribution in [0.1, 0.15) is 74.0 Å². The quantitative estimate of drug-likeness (QED) is 0.231. The van der Waals surface area contributed by atoms with E-state index in [2.05, 4.69) is 11.8 Å². The minimum atomic E-state index is -4.53. The Morgan fingerprint density at radius 3 is 2.25 bits per heavy atom. The first-order chi connectivity index (χ1) is 23.0. The van der Waals surface area contributed by atoms with Crippen molar-refractivity contribution in [1.82, 2.24) is 9.80 Å². The van der Waals surface area contributed by atoms with Crippen LogP contribution in [0.3, 0.4) is 0 Å². The number of hydrogen-bond donors (Lipinski definition) is 0. The lowest BCUT2D eigenvalue weighted by atomic mass is 9.87. The highest BCUT2D eigenvalue weighted by Gasteiger charge is 2.47. The van der Waals surface area contributed by atoms with E-state index in [-0.39, 0.29) is 42.1 Å². The van der Waals surface area contributed by atoms with E-state index in [1.54, 1.807) is 12.0 Å². The number of anilines is 1. The van der Waals surface area contributed by atoms with Crippen molar-refractivity contribution in [2.75, 3.05) is 58.5 Å². The Labute approximate surface area is 280 Å². The molecule has 3 aliphatic heterocycles. The first-order valence-electron chi connectivity index (χ1n) is 17.3. The standard InChI is InChI=1S/C37H47F4N3O4/c1-23-4-8-28(16-23)43-21-32(24-5-9-30(47-2)10-6-24)33(22-43)35(45)44-20-26(17-29(44)19-38)31-11-7-27(37(39,40)41)18-34(31)42-14-12-25(13-15-42)36(46)48-3/h5-7,9-11,18,23,25-26,28-29,32-33H,4,8,12-17,19-22H2,1-3H3/t23-,26+,28?,29-,32-,33+/m0/s1. The molecule has 2 aromatic rings. The highest BCUT2D eigenvalue weighted by molar-refractivity contribution is 5.82. The second kappa shape index (κ2) is 14.3. The van der Waals surface area contributed by atoms with Crippen molar-refractivity contribution in [3.8, 4) is 5.75 Å². The maximum atomic E-state index is 14.8. The van der Waals surface area contributed by atoms with Crippen LogP contribution in [0.2, 0.25) is 0 Å². The number of methoxy groups -OCH3 is 2. The van der Waals surface area contributed by atoms with Crippen LogP contribution in [0.4, 0.5) is 23.2 Å². The van der Waals surface area contributed by atoms with Crippen molar-refractivity contribution >= 4 is 17.6 Å². The smallest absolute Gasteiger partial charge is 0.416 e. The van der Waals surface area contributed by atoms with E-state index in [4.69, 9.17) is 9.47 Å². The number of piperidine rings is 1. The summed E-state index contributed by atoms with van der Waals surface area (Å²) in [6.45, 7) is 3.96. The SMILES string of the molecule is COC(=O)C1CCN(c2cc(C(F)(F)F)ccc2[C@@H]2C[C@@H](CF)N(C(=O)[C@@H]3CN(C4CC[C@H](C)C4)C[C@H]3c3ccc(OC)cc3)C2)CC1. The fraction of sp³-hybridized carbons (Fsp3) is 0.622. The Kier molecular flexibility index (Phi) is 10.3. The summed E-state index contributed by atoms with van der Waals surface area (Å²) < 4.78 is 66.7. The molecule has 7 nitrogen and oxygen atoms in total. The Morgan fingerprint density at radius 1 is 0.917 bits per heavy atom. The van der Waals surface area contributed by atoms with Crippen molar-refractivity contribution in [3.63, 3.8) is 0 Å². The van der Waals surface area contributed by atoms with Gasteiger partial charge in [0.25, 0.3) is 0 Å². The fourth-order valence-electron chi connectivity index (χ4n) is 8.71. The number of carbonyl (C=O) groups is 2. The second-order valence-corrected chi connectivity index (χ2v) is 14.3. The normalized spacial score (nSPS) is 28.6. The van der Waals surface area contributed by atoms with Crippen molar-refractivity contribution in [3.05, 3.63) is 59.2 Å². The predicted octanol–water partition coefficient (Wildman–Crippen LogP) is 6.66. The molecule has 1 aliphatic carbocycles. The molecule has 6 rings (SSSR count). The minimum Gasteiger partial charge on any atom is -0.497 e. The molecule has 0 N–H and O–H groups in total. The molecule has 6 atom stereocenters. The lowest BCUT2D eigenvalue weighted by molar-refractivity contribution is -0.146. The number of hydrogen-bond acceptors (Lipinski definition) is 6. The number of ether oxygens (including phenoxy) is 2. The third-order valence-electron chi connectivity index (χ3n) is 11.4. The molecule has 4 fully saturated rings. The van der Waals surface area contributed by atoms with Crippen LogP contribution < -0.4 is 9.64 Å². The molecular weight excluding hydrogens is 626 g/mol. The van der Waals surface area contributed by atoms with E-state index < -0.39 is 24.5 Å². The maximum absolute atomic E-state index is 14.8. The van der Waals surface area contributed by atoms with E-state index in [0.29, 0.717) is 62.1 Å². The van der Waals surface area contributed by atoms with Gasteiger partial charge in [0.2, 0.25) is 5.91 Å². The van der Waals surface area contributed by atoms with E-state index in [0.717, 1.165) is 36.8 Å². The van der Waals surface area contributed by atoms with Crippen LogP contribution in [0.5, 0.6) is 5.75 Å². The molecule has 11 heteroatoms. The van der Waals surface area contributed by atoms with Crippen LogP contribution in [-0.4, -0.2) is 87.4 Å². The van der Waals surface area contributed by atoms with Gasteiger partial charge in [0.05, 0.1) is 37.7 Å². The molecule has 1 saturated carbocycles. The van der Waals surface area contributed by atoms with Gasteiger partial charge in [-0.1, -0.05) is 25.1 Å². The molecule has 1 unspecified atom stereocenters. The summed E-state index contributed by atoms with van der Waals surface area (Å²) in [4.78, 5) is 32.7. The fourth-order valence-corrected chi connectivity index (χ4v) is 8.71. The molecule has 0 spiro atoms. The maximum Gasteiger partial charge on any atom is 0.416 e. The topological polar surface area (TPSA) is 62.3 Å². The van der Waals surface area contributed by atoms with Gasteiger partial charge in [-0.15, -0.1) is 0 Å². The monoisotopic (exact) mass is 673 g/mol. The van der Waals surface area contributed by atoms with Crippen molar-refractivity contribution in [2.24, 2.45) is 17.8 Å². The Bertz CT molecular complexity index is 1450. The van der Waals surface area contributed by atoms with Gasteiger partial charge in [-0.25, -0.2) is 4.39 Å². The molecule has 0 aromatic heterocycles. The number of benzene rings is 2. The van der Waals surface area contributed by atoms with E-state index >= 15 is 0 Å². The van der Waals surface area contributed by atoms with Gasteiger partial charge in [0.15, 0.2) is 0 Å². The summed E-state index contributed by atoms with van der Waals surface area (Å²) in [5.74, 6) is -0.0437. The van der Waals surface area contributed by atoms with Crippen LogP contribution in [0.25, 0.3) is 0 Å². The average molecular weight is 674 g/mol. The number of nitrogens with zero attached hydrogens (tertiary/aromatic N) is 3. The third kappa shape index (κ3) is 7.03. The Balaban J connectivity index is 1.26. The summed E-state index contributed by atoms with van der Waals surface area (Å²) in [6.07, 6.45) is 0.111. The van der Waals surface area contributed by atoms with Crippen molar-refractivity contribution in [1.29, 1.82) is 0 Å². The predicted molar refractivity (Wildman–Crippen MR) is 175 cm³/mol. The Morgan fingerprint density at radius 2 is 1.65 bits per heavy atom. The Hall–Kier alpha value is -3.34. The molecule has 0 bridgehead atoms. The number of halogens is 4. The lowest BCUT2D eigenvalue weighted by Gasteiger charge is -2.35. The molecule has 48 heavy (non-hydrogen) atoms. The highest BCUT2D eigenvalue weighted by Crippen LogP contribution is 2.44. The number of amides is 1. The molecule has 3 heterocycles. The van der Waals surface area contributed by atoms with Crippen LogP contribution in [-0.2, 0) is 20.5 Å². The van der Waals surface area contributed by atoms with Crippen molar-refractivity contribution < 1.29 is 36.6 Å². The average Bonchev–Trinajstić information content (AvgIpc) is 3.85. The number of alkyl halides is 4. The highest BCUT2D eigenvalue weighted by atomic mass is 19.4. The molecule has 262 valence electrons. The molecule has 4 aliphatic rings. The van der Waals surface area contributed by atoms with Gasteiger partial charge in [-0.05, 0) is 79.8 Å². The number of esters is 1. The molecular formula is C37H47F4N3O4. The van der Waals surface area contributed by atoms with Crippen molar-refractivity contribution in [2.45, 2.75) is 75.5 Å². The van der Waals surface area contributed by atoms with Gasteiger partial charge in [-0.2, -0.15) is 13.2 Å². The third-order valence-corrected chi connectivity index (χ3v) is 11.4. The van der Waals surface area contributed by atoms with Gasteiger partial charge in [0.1, 0.15) is 12.4 Å². The zero-order valence-corrected chi connectivity index (χ0v) is 28.1. The second-order valence-electron chi connectivity index (χ2n) is 14.3. The first-order valence-corrected chi connectivity index (χ1v) is 17.3. The zero-order valence-electron chi connectivity index (χ0n) is 28.1. The summed E-state index contributed by atoms with van der Waals surface area (Å²) >= 11 is 0. The summed E-state index contributed by atoms with van der Waals surface area (Å²) in [6, 6.07) is 11.4. The first kappa shape index (κ1) is 34.5. The zero-order chi connectivity index (χ0) is 34.2. The van der Waals surface area contributed by atoms with E-state index in [1.165, 1.54) is 25.7 Å². The van der Waals surface area contributed by atoms with Crippen LogP contribution >= 0.6 is 0 Å². The van der Waals surface area contributed by atoms with Gasteiger partial charge in [-0.3, -0.25) is 14.5 Å². The summed E-state index contributed by atoms with van der Waals surface area (Å²) in [5.41, 5.74) is 1.44. The summed E-state index contributed by atoms with van der Waals surface area (Å²) in [5, 5.41) is 0. The molecule has 1 amide bonds. The largest absolute Gasteiger partial charge is 0.497 e. The van der Waals surface area contributed by atoms with E-state index in [1.807, 2.05) is 29.2 Å². The van der Waals surface area contributed by atoms with Crippen LogP contribution in [0.15, 0.2) is 42.5 Å². The summed E-state index contributed by atoms with van der Waals surface area (Å²) in [7, 11) is 2.96. The van der Waals surface area contributed by atoms with Gasteiger partial charge in [0, 0.05) is 56.3 Å². The van der Waals surface area contributed by atoms with Gasteiger partial charge < -0.3 is 19.3 Å². The number of carbonyl (C=O) groups excluding carboxylic acids is 2. The molecule has 0 radical (unpaired) electrons.